The van der Waals surface area contributed by atoms with E-state index >= 15 is 0 Å². The first-order valence-corrected chi connectivity index (χ1v) is 6.59. The van der Waals surface area contributed by atoms with E-state index < -0.39 is 0 Å². The minimum atomic E-state index is 0.200. The van der Waals surface area contributed by atoms with E-state index in [1.165, 1.54) is 11.3 Å². The van der Waals surface area contributed by atoms with E-state index in [0.717, 1.165) is 25.3 Å². The van der Waals surface area contributed by atoms with Gasteiger partial charge in [0.1, 0.15) is 5.75 Å². The summed E-state index contributed by atoms with van der Waals surface area (Å²) in [6.07, 6.45) is 3.48. The molecule has 2 rings (SSSR count). The van der Waals surface area contributed by atoms with Crippen LogP contribution in [0.3, 0.4) is 0 Å². The fourth-order valence-electron chi connectivity index (χ4n) is 2.19. The molecule has 0 aromatic heterocycles. The molecule has 0 spiro atoms. The average Bonchev–Trinajstić information content (AvgIpc) is 2.39. The topological polar surface area (TPSA) is 38.5 Å². The predicted octanol–water partition coefficient (Wildman–Crippen LogP) is 2.57. The number of rotatable bonds is 4. The van der Waals surface area contributed by atoms with Crippen molar-refractivity contribution >= 4 is 5.69 Å². The van der Waals surface area contributed by atoms with E-state index in [-0.39, 0.29) is 6.10 Å². The normalized spacial score (nSPS) is 15.8. The van der Waals surface area contributed by atoms with Gasteiger partial charge >= 0.3 is 0 Å². The zero-order valence-electron chi connectivity index (χ0n) is 11.2. The molecule has 1 aromatic carbocycles. The Morgan fingerprint density at radius 2 is 2.11 bits per heavy atom. The van der Waals surface area contributed by atoms with E-state index in [1.807, 2.05) is 12.1 Å². The van der Waals surface area contributed by atoms with Crippen LogP contribution >= 0.6 is 0 Å². The number of nitrogens with two attached hydrogens (primary N) is 1. The maximum absolute atomic E-state index is 5.86. The van der Waals surface area contributed by atoms with Gasteiger partial charge in [-0.1, -0.05) is 23.8 Å². The highest BCUT2D eigenvalue weighted by Gasteiger charge is 2.15. The van der Waals surface area contributed by atoms with Crippen molar-refractivity contribution in [1.29, 1.82) is 0 Å². The molecule has 0 fully saturated rings. The Hall–Kier alpha value is -1.48. The summed E-state index contributed by atoms with van der Waals surface area (Å²) < 4.78 is 5.86. The summed E-state index contributed by atoms with van der Waals surface area (Å²) in [5.74, 6) is 0.970. The largest absolute Gasteiger partial charge is 0.489 e. The van der Waals surface area contributed by atoms with E-state index in [9.17, 15) is 0 Å². The molecule has 98 valence electrons. The minimum Gasteiger partial charge on any atom is -0.489 e. The zero-order chi connectivity index (χ0) is 13.0. The standard InChI is InChI=1S/C15H22N2O/c1-12(2)18-15-6-4-3-5-14(15)17-9-7-13(11-16)8-10-17/h3-7,12H,8-11,16H2,1-2H3. The van der Waals surface area contributed by atoms with E-state index in [0.29, 0.717) is 6.54 Å². The third-order valence-corrected chi connectivity index (χ3v) is 3.13. The van der Waals surface area contributed by atoms with Gasteiger partial charge in [-0.15, -0.1) is 0 Å². The van der Waals surface area contributed by atoms with Crippen LogP contribution in [0, 0.1) is 0 Å². The molecule has 0 bridgehead atoms. The third-order valence-electron chi connectivity index (χ3n) is 3.13. The Labute approximate surface area is 109 Å². The van der Waals surface area contributed by atoms with Crippen molar-refractivity contribution in [3.63, 3.8) is 0 Å². The average molecular weight is 246 g/mol. The fourth-order valence-corrected chi connectivity index (χ4v) is 2.19. The smallest absolute Gasteiger partial charge is 0.142 e. The molecule has 0 amide bonds. The fraction of sp³-hybridized carbons (Fsp3) is 0.467. The zero-order valence-corrected chi connectivity index (χ0v) is 11.2. The van der Waals surface area contributed by atoms with E-state index in [1.54, 1.807) is 0 Å². The van der Waals surface area contributed by atoms with Gasteiger partial charge in [0, 0.05) is 19.6 Å². The SMILES string of the molecule is CC(C)Oc1ccccc1N1CC=C(CN)CC1. The van der Waals surface area contributed by atoms with Crippen LogP contribution in [0.15, 0.2) is 35.9 Å². The summed E-state index contributed by atoms with van der Waals surface area (Å²) in [7, 11) is 0. The number of hydrogen-bond acceptors (Lipinski definition) is 3. The predicted molar refractivity (Wildman–Crippen MR) is 76.2 cm³/mol. The van der Waals surface area contributed by atoms with Gasteiger partial charge in [-0.2, -0.15) is 0 Å². The van der Waals surface area contributed by atoms with Crippen molar-refractivity contribution < 1.29 is 4.74 Å². The summed E-state index contributed by atoms with van der Waals surface area (Å²) >= 11 is 0. The van der Waals surface area contributed by atoms with E-state index in [4.69, 9.17) is 10.5 Å². The van der Waals surface area contributed by atoms with Crippen LogP contribution in [0.4, 0.5) is 5.69 Å². The molecular formula is C15H22N2O. The molecule has 3 heteroatoms. The molecule has 2 N–H and O–H groups in total. The van der Waals surface area contributed by atoms with Gasteiger partial charge in [-0.05, 0) is 32.4 Å². The van der Waals surface area contributed by atoms with Gasteiger partial charge in [0.15, 0.2) is 0 Å². The molecule has 1 aliphatic rings. The number of ether oxygens (including phenoxy) is 1. The van der Waals surface area contributed by atoms with Crippen molar-refractivity contribution in [2.24, 2.45) is 5.73 Å². The minimum absolute atomic E-state index is 0.200. The van der Waals surface area contributed by atoms with Crippen molar-refractivity contribution in [1.82, 2.24) is 0 Å². The first-order valence-electron chi connectivity index (χ1n) is 6.59. The lowest BCUT2D eigenvalue weighted by Crippen LogP contribution is -2.30. The van der Waals surface area contributed by atoms with Crippen molar-refractivity contribution in [2.45, 2.75) is 26.4 Å². The van der Waals surface area contributed by atoms with Gasteiger partial charge in [0.2, 0.25) is 0 Å². The first-order chi connectivity index (χ1) is 8.70. The molecule has 0 unspecified atom stereocenters. The number of hydrogen-bond donors (Lipinski definition) is 1. The number of benzene rings is 1. The Morgan fingerprint density at radius 3 is 2.72 bits per heavy atom. The molecule has 0 radical (unpaired) electrons. The van der Waals surface area contributed by atoms with Gasteiger partial charge in [-0.3, -0.25) is 0 Å². The lowest BCUT2D eigenvalue weighted by Gasteiger charge is -2.30. The molecule has 1 aromatic rings. The second kappa shape index (κ2) is 5.91. The Balaban J connectivity index is 2.16. The van der Waals surface area contributed by atoms with Crippen LogP contribution in [-0.4, -0.2) is 25.7 Å². The van der Waals surface area contributed by atoms with Gasteiger partial charge in [-0.25, -0.2) is 0 Å². The van der Waals surface area contributed by atoms with Crippen molar-refractivity contribution in [2.75, 3.05) is 24.5 Å². The number of anilines is 1. The quantitative estimate of drug-likeness (QED) is 0.830. The molecule has 1 aliphatic heterocycles. The molecule has 0 atom stereocenters. The highest BCUT2D eigenvalue weighted by Crippen LogP contribution is 2.30. The third kappa shape index (κ3) is 3.05. The van der Waals surface area contributed by atoms with E-state index in [2.05, 4.69) is 37.0 Å². The van der Waals surface area contributed by atoms with Crippen LogP contribution in [0.1, 0.15) is 20.3 Å². The molecule has 3 nitrogen and oxygen atoms in total. The Morgan fingerprint density at radius 1 is 1.33 bits per heavy atom. The van der Waals surface area contributed by atoms with Crippen LogP contribution in [0.2, 0.25) is 0 Å². The molecule has 0 saturated heterocycles. The van der Waals surface area contributed by atoms with Gasteiger partial charge in [0.05, 0.1) is 11.8 Å². The number of nitrogens with zero attached hydrogens (tertiary/aromatic N) is 1. The summed E-state index contributed by atoms with van der Waals surface area (Å²) in [4.78, 5) is 2.34. The maximum atomic E-state index is 5.86. The molecule has 0 aliphatic carbocycles. The molecular weight excluding hydrogens is 224 g/mol. The van der Waals surface area contributed by atoms with Crippen LogP contribution in [0.25, 0.3) is 0 Å². The first kappa shape index (κ1) is 13.0. The summed E-state index contributed by atoms with van der Waals surface area (Å²) in [6.45, 7) is 6.73. The molecule has 0 saturated carbocycles. The van der Waals surface area contributed by atoms with Crippen molar-refractivity contribution in [3.05, 3.63) is 35.9 Å². The molecule has 18 heavy (non-hydrogen) atoms. The Kier molecular flexibility index (Phi) is 4.26. The van der Waals surface area contributed by atoms with Crippen LogP contribution in [0.5, 0.6) is 5.75 Å². The highest BCUT2D eigenvalue weighted by atomic mass is 16.5. The second-order valence-corrected chi connectivity index (χ2v) is 4.90. The van der Waals surface area contributed by atoms with Crippen LogP contribution < -0.4 is 15.4 Å². The highest BCUT2D eigenvalue weighted by molar-refractivity contribution is 5.59. The summed E-state index contributed by atoms with van der Waals surface area (Å²) in [6, 6.07) is 8.24. The van der Waals surface area contributed by atoms with Gasteiger partial charge in [0.25, 0.3) is 0 Å². The Bertz CT molecular complexity index is 426. The second-order valence-electron chi connectivity index (χ2n) is 4.90. The van der Waals surface area contributed by atoms with Crippen LogP contribution in [-0.2, 0) is 0 Å². The summed E-state index contributed by atoms with van der Waals surface area (Å²) in [5.41, 5.74) is 8.21. The van der Waals surface area contributed by atoms with Gasteiger partial charge < -0.3 is 15.4 Å². The van der Waals surface area contributed by atoms with Crippen molar-refractivity contribution in [3.8, 4) is 5.75 Å². The maximum Gasteiger partial charge on any atom is 0.142 e. The number of para-hydroxylation sites is 2. The lowest BCUT2D eigenvalue weighted by atomic mass is 10.1. The summed E-state index contributed by atoms with van der Waals surface area (Å²) in [5, 5.41) is 0. The lowest BCUT2D eigenvalue weighted by molar-refractivity contribution is 0.243. The monoisotopic (exact) mass is 246 g/mol. The molecule has 1 heterocycles.